The zero-order valence-corrected chi connectivity index (χ0v) is 7.12. The van der Waals surface area contributed by atoms with Gasteiger partial charge < -0.3 is 0 Å². The predicted octanol–water partition coefficient (Wildman–Crippen LogP) is 1.85. The fourth-order valence-electron chi connectivity index (χ4n) is 1.14. The number of rotatable bonds is 1. The van der Waals surface area contributed by atoms with Crippen LogP contribution in [-0.2, 0) is 6.18 Å². The van der Waals surface area contributed by atoms with E-state index in [9.17, 15) is 18.0 Å². The Hall–Kier alpha value is -1.20. The van der Waals surface area contributed by atoms with Crippen molar-refractivity contribution in [3.8, 4) is 0 Å². The van der Waals surface area contributed by atoms with Gasteiger partial charge in [-0.25, -0.2) is 0 Å². The molecule has 6 heteroatoms. The summed E-state index contributed by atoms with van der Waals surface area (Å²) in [6.07, 6.45) is -4.50. The number of alkyl halides is 3. The molecule has 1 rings (SSSR count). The molecule has 0 saturated heterocycles. The van der Waals surface area contributed by atoms with E-state index in [4.69, 9.17) is 0 Å². The Morgan fingerprint density at radius 2 is 1.77 bits per heavy atom. The lowest BCUT2D eigenvalue weighted by molar-refractivity contribution is -0.141. The molecule has 0 atom stereocenters. The maximum atomic E-state index is 12.2. The van der Waals surface area contributed by atoms with Crippen LogP contribution in [0.3, 0.4) is 0 Å². The third-order valence-corrected chi connectivity index (χ3v) is 1.68. The highest BCUT2D eigenvalue weighted by molar-refractivity contribution is 5.22. The zero-order valence-electron chi connectivity index (χ0n) is 7.12. The third-order valence-electron chi connectivity index (χ3n) is 1.68. The molecule has 0 spiro atoms. The van der Waals surface area contributed by atoms with Gasteiger partial charge in [0.1, 0.15) is 5.69 Å². The summed E-state index contributed by atoms with van der Waals surface area (Å²) in [6, 6.07) is 0. The Morgan fingerprint density at radius 1 is 1.23 bits per heavy atom. The molecule has 74 valence electrons. The molecule has 13 heavy (non-hydrogen) atoms. The van der Waals surface area contributed by atoms with Gasteiger partial charge in [0.05, 0.1) is 5.56 Å². The molecule has 1 aromatic rings. The van der Waals surface area contributed by atoms with Crippen molar-refractivity contribution in [3.05, 3.63) is 21.6 Å². The molecule has 2 N–H and O–H groups in total. The second kappa shape index (κ2) is 2.93. The van der Waals surface area contributed by atoms with Gasteiger partial charge in [0.15, 0.2) is 0 Å². The van der Waals surface area contributed by atoms with Crippen molar-refractivity contribution in [2.45, 2.75) is 25.9 Å². The minimum Gasteiger partial charge on any atom is -0.293 e. The number of H-pyrrole nitrogens is 2. The third kappa shape index (κ3) is 1.76. The van der Waals surface area contributed by atoms with Crippen molar-refractivity contribution < 1.29 is 13.2 Å². The van der Waals surface area contributed by atoms with Crippen LogP contribution < -0.4 is 5.56 Å². The normalized spacial score (nSPS) is 12.5. The first-order valence-electron chi connectivity index (χ1n) is 3.71. The number of halogens is 3. The van der Waals surface area contributed by atoms with Gasteiger partial charge >= 0.3 is 6.18 Å². The lowest BCUT2D eigenvalue weighted by Gasteiger charge is -2.07. The summed E-state index contributed by atoms with van der Waals surface area (Å²) in [6.45, 7) is 3.07. The predicted molar refractivity (Wildman–Crippen MR) is 40.5 cm³/mol. The van der Waals surface area contributed by atoms with Crippen LogP contribution >= 0.6 is 0 Å². The van der Waals surface area contributed by atoms with E-state index >= 15 is 0 Å². The molecule has 1 heterocycles. The highest BCUT2D eigenvalue weighted by Gasteiger charge is 2.37. The average molecular weight is 194 g/mol. The van der Waals surface area contributed by atoms with Crippen LogP contribution in [0.25, 0.3) is 0 Å². The molecule has 0 radical (unpaired) electrons. The first-order chi connectivity index (χ1) is 5.84. The van der Waals surface area contributed by atoms with Crippen LogP contribution in [-0.4, -0.2) is 10.2 Å². The summed E-state index contributed by atoms with van der Waals surface area (Å²) in [5.41, 5.74) is -1.93. The Bertz CT molecular complexity index is 347. The average Bonchev–Trinajstić information content (AvgIpc) is 2.28. The molecule has 0 aliphatic rings. The van der Waals surface area contributed by atoms with E-state index < -0.39 is 23.3 Å². The van der Waals surface area contributed by atoms with Crippen LogP contribution in [0.5, 0.6) is 0 Å². The van der Waals surface area contributed by atoms with Gasteiger partial charge in [-0.2, -0.15) is 13.2 Å². The van der Waals surface area contributed by atoms with Crippen molar-refractivity contribution in [1.82, 2.24) is 10.2 Å². The Balaban J connectivity index is 3.32. The van der Waals surface area contributed by atoms with Crippen LogP contribution in [0.1, 0.15) is 31.0 Å². The van der Waals surface area contributed by atoms with Gasteiger partial charge in [-0.05, 0) is 5.92 Å². The van der Waals surface area contributed by atoms with E-state index in [-0.39, 0.29) is 5.56 Å². The minimum absolute atomic E-state index is 0.243. The van der Waals surface area contributed by atoms with E-state index in [1.54, 1.807) is 0 Å². The summed E-state index contributed by atoms with van der Waals surface area (Å²) in [5.74, 6) is -0.452. The smallest absolute Gasteiger partial charge is 0.293 e. The molecule has 1 aromatic heterocycles. The fourth-order valence-corrected chi connectivity index (χ4v) is 1.14. The Labute approximate surface area is 71.9 Å². The first-order valence-corrected chi connectivity index (χ1v) is 3.71. The SMILES string of the molecule is CC(C)c1c(C(F)(F)F)[nH][nH]c1=O. The van der Waals surface area contributed by atoms with E-state index in [1.165, 1.54) is 13.8 Å². The number of hydrogen-bond acceptors (Lipinski definition) is 1. The van der Waals surface area contributed by atoms with Gasteiger partial charge in [0.25, 0.3) is 5.56 Å². The second-order valence-corrected chi connectivity index (χ2v) is 3.02. The van der Waals surface area contributed by atoms with Crippen molar-refractivity contribution in [2.75, 3.05) is 0 Å². The standard InChI is InChI=1S/C7H9F3N2O/c1-3(2)4-5(7(8,9)10)11-12-6(4)13/h3H,1-2H3,(H2,11,12,13). The van der Waals surface area contributed by atoms with Crippen LogP contribution in [0, 0.1) is 0 Å². The largest absolute Gasteiger partial charge is 0.433 e. The van der Waals surface area contributed by atoms with Gasteiger partial charge in [0, 0.05) is 0 Å². The van der Waals surface area contributed by atoms with E-state index in [0.717, 1.165) is 0 Å². The number of nitrogens with one attached hydrogen (secondary N) is 2. The maximum absolute atomic E-state index is 12.2. The molecule has 0 saturated carbocycles. The van der Waals surface area contributed by atoms with E-state index in [1.807, 2.05) is 10.2 Å². The molecule has 0 bridgehead atoms. The van der Waals surface area contributed by atoms with E-state index in [0.29, 0.717) is 0 Å². The maximum Gasteiger partial charge on any atom is 0.433 e. The van der Waals surface area contributed by atoms with Gasteiger partial charge in [0.2, 0.25) is 0 Å². The summed E-state index contributed by atoms with van der Waals surface area (Å²) in [5, 5.41) is 3.76. The monoisotopic (exact) mass is 194 g/mol. The number of aromatic nitrogens is 2. The Morgan fingerprint density at radius 3 is 2.08 bits per heavy atom. The lowest BCUT2D eigenvalue weighted by atomic mass is 10.0. The summed E-state index contributed by atoms with van der Waals surface area (Å²) in [7, 11) is 0. The molecule has 0 unspecified atom stereocenters. The topological polar surface area (TPSA) is 48.6 Å². The van der Waals surface area contributed by atoms with E-state index in [2.05, 4.69) is 0 Å². The molecular formula is C7H9F3N2O. The number of hydrogen-bond donors (Lipinski definition) is 2. The summed E-state index contributed by atoms with van der Waals surface area (Å²) in [4.78, 5) is 10.9. The van der Waals surface area contributed by atoms with Crippen LogP contribution in [0.2, 0.25) is 0 Å². The fraction of sp³-hybridized carbons (Fsp3) is 0.571. The molecular weight excluding hydrogens is 185 g/mol. The van der Waals surface area contributed by atoms with Crippen molar-refractivity contribution in [2.24, 2.45) is 0 Å². The van der Waals surface area contributed by atoms with Crippen LogP contribution in [0.4, 0.5) is 13.2 Å². The zero-order chi connectivity index (χ0) is 10.2. The van der Waals surface area contributed by atoms with Gasteiger partial charge in [-0.3, -0.25) is 15.0 Å². The van der Waals surface area contributed by atoms with Gasteiger partial charge in [-0.1, -0.05) is 13.8 Å². The second-order valence-electron chi connectivity index (χ2n) is 3.02. The molecule has 0 aliphatic heterocycles. The highest BCUT2D eigenvalue weighted by atomic mass is 19.4. The number of aromatic amines is 2. The van der Waals surface area contributed by atoms with Crippen molar-refractivity contribution in [3.63, 3.8) is 0 Å². The highest BCUT2D eigenvalue weighted by Crippen LogP contribution is 2.31. The first kappa shape index (κ1) is 9.88. The lowest BCUT2D eigenvalue weighted by Crippen LogP contribution is -2.14. The summed E-state index contributed by atoms with van der Waals surface area (Å²) < 4.78 is 36.7. The summed E-state index contributed by atoms with van der Waals surface area (Å²) >= 11 is 0. The molecule has 0 aliphatic carbocycles. The quantitative estimate of drug-likeness (QED) is 0.704. The van der Waals surface area contributed by atoms with Crippen LogP contribution in [0.15, 0.2) is 4.79 Å². The molecule has 0 fully saturated rings. The molecule has 0 amide bonds. The molecule has 3 nitrogen and oxygen atoms in total. The van der Waals surface area contributed by atoms with Crippen molar-refractivity contribution >= 4 is 0 Å². The Kier molecular flexibility index (Phi) is 2.23. The van der Waals surface area contributed by atoms with Gasteiger partial charge in [-0.15, -0.1) is 0 Å². The minimum atomic E-state index is -4.50. The molecule has 0 aromatic carbocycles. The van der Waals surface area contributed by atoms with Crippen molar-refractivity contribution in [1.29, 1.82) is 0 Å².